The monoisotopic (exact) mass is 2330 g/mol. The molecule has 2 aliphatic heterocycles. The molecule has 0 bridgehead atoms. The van der Waals surface area contributed by atoms with Gasteiger partial charge in [-0.1, -0.05) is 188 Å². The van der Waals surface area contributed by atoms with Gasteiger partial charge in [0, 0.05) is 17.1 Å². The molecule has 0 fully saturated rings. The molecule has 31 atom stereocenters. The van der Waals surface area contributed by atoms with E-state index in [1.54, 1.807) is 0 Å². The van der Waals surface area contributed by atoms with Gasteiger partial charge in [-0.2, -0.15) is 0 Å². The number of rotatable bonds is 29. The maximum atomic E-state index is 3.54. The first-order valence-corrected chi connectivity index (χ1v) is 127. The Kier molecular flexibility index (Phi) is 50.6. The summed E-state index contributed by atoms with van der Waals surface area (Å²) in [5, 5.41) is 8.23. The van der Waals surface area contributed by atoms with E-state index in [2.05, 4.69) is 440 Å². The van der Waals surface area contributed by atoms with E-state index in [4.69, 9.17) is 0 Å². The fraction of sp³-hybridized carbons (Fsp3) is 0. The normalized spacial score (nSPS) is 15.1. The first kappa shape index (κ1) is 103. The molecule has 0 amide bonds. The Balaban J connectivity index is 0.000000237. The molecule has 0 radical (unpaired) electrons. The van der Waals surface area contributed by atoms with Crippen LogP contribution >= 0.6 is 424 Å². The van der Waals surface area contributed by atoms with E-state index >= 15 is 0 Å². The Morgan fingerprint density at radius 2 is 0.588 bits per heavy atom. The molecule has 102 heavy (non-hydrogen) atoms. The zero-order valence-electron chi connectivity index (χ0n) is 54.3. The largest absolute Gasteiger partial charge is 0.311 e. The van der Waals surface area contributed by atoms with Crippen molar-refractivity contribution in [2.45, 2.75) is 0 Å². The molecule has 0 saturated heterocycles. The van der Waals surface area contributed by atoms with Crippen molar-refractivity contribution in [1.82, 2.24) is 0 Å². The van der Waals surface area contributed by atoms with Crippen LogP contribution < -0.4 is 42.0 Å². The van der Waals surface area contributed by atoms with Gasteiger partial charge in [0.2, 0.25) is 6.71 Å². The number of anilines is 3. The molecular formula is C46H87BNP53Si. The van der Waals surface area contributed by atoms with Crippen molar-refractivity contribution in [1.29, 1.82) is 0 Å². The molecule has 0 aromatic heterocycles. The summed E-state index contributed by atoms with van der Waals surface area (Å²) in [6.45, 7) is -4.10. The van der Waals surface area contributed by atoms with Crippen LogP contribution in [0.5, 0.6) is 0 Å². The summed E-state index contributed by atoms with van der Waals surface area (Å²) < 4.78 is 0. The van der Waals surface area contributed by atoms with Crippen LogP contribution in [-0.4, -0.2) is 14.8 Å². The molecule has 0 aliphatic carbocycles. The molecule has 31 unspecified atom stereocenters. The molecule has 0 saturated carbocycles. The summed E-state index contributed by atoms with van der Waals surface area (Å²) >= 11 is 0. The summed E-state index contributed by atoms with van der Waals surface area (Å²) in [6, 6.07) is 72.6. The Hall–Kier alpha value is 16.9. The second-order valence-electron chi connectivity index (χ2n) is 21.6. The SMILES string of the molecule is PPP(P(P)P)P(P(P(P)P)P(P)P)P(P(P(P)P)P(P)P)P(P(P(P(P)P)P(P)P)P(P(P)P)P(P)P)P(P(P(P)P)P(P)P)P(P(P)P)P(P)P.c1ccc([Si]2(c3ccccc3)c3ccccc3N(c3ccc(B4c5ccccc5-c5cc6ccccc6cc54)cc3)c3ccccc32)cc1. The smallest absolute Gasteiger partial charge is 0.242 e. The van der Waals surface area contributed by atoms with Crippen LogP contribution in [-0.2, 0) is 0 Å². The number of benzene rings is 8. The Bertz CT molecular complexity index is 3760. The van der Waals surface area contributed by atoms with Gasteiger partial charge in [0.05, 0.1) is 0 Å². The first-order chi connectivity index (χ1) is 48.4. The quantitative estimate of drug-likeness (QED) is 0.0334. The summed E-state index contributed by atoms with van der Waals surface area (Å²) in [6.07, 6.45) is 0. The van der Waals surface area contributed by atoms with E-state index in [-0.39, 0.29) is 181 Å². The van der Waals surface area contributed by atoms with E-state index in [0.717, 1.165) is 7.96 Å². The summed E-state index contributed by atoms with van der Waals surface area (Å²) in [7, 11) is 92.9. The molecular weight excluding hydrogens is 2250 g/mol. The van der Waals surface area contributed by atoms with E-state index in [1.807, 2.05) is 0 Å². The highest BCUT2D eigenvalue weighted by Crippen LogP contribution is 3.47. The topological polar surface area (TPSA) is 3.24 Å². The van der Waals surface area contributed by atoms with Crippen LogP contribution in [0.1, 0.15) is 0 Å². The second-order valence-corrected chi connectivity index (χ2v) is 241. The van der Waals surface area contributed by atoms with Gasteiger partial charge in [0.1, 0.15) is 0 Å². The van der Waals surface area contributed by atoms with Gasteiger partial charge in [0.15, 0.2) is 8.07 Å². The van der Waals surface area contributed by atoms with Gasteiger partial charge >= 0.3 is 0 Å². The zero-order chi connectivity index (χ0) is 74.5. The van der Waals surface area contributed by atoms with Gasteiger partial charge in [-0.3, -0.25) is 0 Å². The average molecular weight is 2330 g/mol. The van der Waals surface area contributed by atoms with Crippen LogP contribution in [0, 0.1) is 0 Å². The predicted octanol–water partition coefficient (Wildman–Crippen LogP) is 37.4. The van der Waals surface area contributed by atoms with Crippen molar-refractivity contribution >= 4 is 503 Å². The molecule has 10 rings (SSSR count). The van der Waals surface area contributed by atoms with Gasteiger partial charge in [-0.25, -0.2) is 0 Å². The predicted molar refractivity (Wildman–Crippen MR) is 656 cm³/mol. The minimum atomic E-state index is -2.63. The minimum Gasteiger partial charge on any atom is -0.311 e. The van der Waals surface area contributed by atoms with Gasteiger partial charge in [-0.15, -0.1) is 241 Å². The third-order valence-electron chi connectivity index (χ3n) is 15.4. The molecule has 8 aromatic carbocycles. The van der Waals surface area contributed by atoms with Crippen LogP contribution in [0.3, 0.4) is 0 Å². The van der Waals surface area contributed by atoms with Gasteiger partial charge in [-0.05, 0) is 248 Å². The molecule has 548 valence electrons. The van der Waals surface area contributed by atoms with Crippen molar-refractivity contribution in [2.24, 2.45) is 0 Å². The lowest BCUT2D eigenvalue weighted by Gasteiger charge is -2.59. The number of hydrogen-bond donors (Lipinski definition) is 0. The van der Waals surface area contributed by atoms with Crippen molar-refractivity contribution in [3.05, 3.63) is 194 Å². The number of fused-ring (bicyclic) bond motifs is 6. The maximum Gasteiger partial charge on any atom is 0.242 e. The van der Waals surface area contributed by atoms with Crippen LogP contribution in [0.15, 0.2) is 194 Å². The molecule has 0 N–H and O–H groups in total. The van der Waals surface area contributed by atoms with Crippen LogP contribution in [0.2, 0.25) is 0 Å². The van der Waals surface area contributed by atoms with E-state index < -0.39 is 8.07 Å². The molecule has 0 spiro atoms. The Morgan fingerprint density at radius 3 is 0.961 bits per heavy atom. The maximum absolute atomic E-state index is 3.54. The van der Waals surface area contributed by atoms with Crippen molar-refractivity contribution in [3.63, 3.8) is 0 Å². The van der Waals surface area contributed by atoms with Crippen molar-refractivity contribution in [3.8, 4) is 11.1 Å². The summed E-state index contributed by atoms with van der Waals surface area (Å²) in [5.41, 5.74) is 10.5. The van der Waals surface area contributed by atoms with E-state index in [1.165, 1.54) is 76.1 Å². The number of nitrogens with zero attached hydrogens (tertiary/aromatic N) is 1. The number of hydrogen-bond acceptors (Lipinski definition) is 1. The second kappa shape index (κ2) is 50.3. The Morgan fingerprint density at radius 1 is 0.275 bits per heavy atom. The number of para-hydroxylation sites is 2. The third kappa shape index (κ3) is 25.3. The highest BCUT2D eigenvalue weighted by Gasteiger charge is 2.60. The fourth-order valence-corrected chi connectivity index (χ4v) is 771. The Labute approximate surface area is 704 Å². The highest BCUT2D eigenvalue weighted by molar-refractivity contribution is 9.52. The molecule has 2 heterocycles. The van der Waals surface area contributed by atoms with Crippen molar-refractivity contribution < 1.29 is 0 Å². The van der Waals surface area contributed by atoms with E-state index in [0.29, 0.717) is 0 Å². The molecule has 8 aromatic rings. The highest BCUT2D eigenvalue weighted by atomic mass is 33.6. The zero-order valence-corrected chi connectivity index (χ0v) is 110. The molecule has 1 nitrogen and oxygen atoms in total. The third-order valence-corrected chi connectivity index (χ3v) is 387. The van der Waals surface area contributed by atoms with E-state index in [9.17, 15) is 0 Å². The lowest BCUT2D eigenvalue weighted by atomic mass is 9.39. The average Bonchev–Trinajstić information content (AvgIpc) is 0.768. The molecule has 2 aliphatic rings. The lowest BCUT2D eigenvalue weighted by Crippen LogP contribution is -2.77. The first-order valence-electron chi connectivity index (χ1n) is 29.2. The molecule has 56 heteroatoms. The summed E-state index contributed by atoms with van der Waals surface area (Å²) in [5.74, 6) is 0. The van der Waals surface area contributed by atoms with Crippen LogP contribution in [0.4, 0.5) is 17.1 Å². The standard InChI is InChI=1S/C46H32BNSi.H55P53/c1-3-17-37(18-4-1)49(38-19-5-2-6-20-38)45-25-13-11-23-43(45)48(44-24-12-14-26-46(44)49)36-29-27-35(28-30-36)47-41-22-10-9-21-39(41)40-31-33-15-7-8-16-34(33)32-42(40)47;1-28-42(29(2)3)49(43(30(4)5)31(6)7)52(48(40(24)25)41(26)27)53(50(44(32(8)9)33(10)11)45(34(12)13)35(14)15)51(46(36(16)17)37(18)19)47(38(20)21)39(22)23/h1-32H;28H,1-27H2. The van der Waals surface area contributed by atoms with Gasteiger partial charge < -0.3 is 4.90 Å². The lowest BCUT2D eigenvalue weighted by molar-refractivity contribution is 1.29. The van der Waals surface area contributed by atoms with Gasteiger partial charge in [0.25, 0.3) is 0 Å². The van der Waals surface area contributed by atoms with Crippen molar-refractivity contribution in [2.75, 3.05) is 4.90 Å². The minimum absolute atomic E-state index is 0.0806. The van der Waals surface area contributed by atoms with Crippen LogP contribution in [0.25, 0.3) is 21.9 Å². The fourth-order valence-electron chi connectivity index (χ4n) is 11.9. The summed E-state index contributed by atoms with van der Waals surface area (Å²) in [4.78, 5) is 2.50.